The fourth-order valence-corrected chi connectivity index (χ4v) is 2.55. The summed E-state index contributed by atoms with van der Waals surface area (Å²) < 4.78 is 0. The zero-order valence-electron chi connectivity index (χ0n) is 12.6. The van der Waals surface area contributed by atoms with Crippen LogP contribution in [0.25, 0.3) is 21.8 Å². The molecule has 2 N–H and O–H groups in total. The lowest BCUT2D eigenvalue weighted by Crippen LogP contribution is -2.26. The Bertz CT molecular complexity index is 814. The average Bonchev–Trinajstić information content (AvgIpc) is 2.56. The van der Waals surface area contributed by atoms with Crippen molar-refractivity contribution < 1.29 is 4.79 Å². The molecule has 0 unspecified atom stereocenters. The van der Waals surface area contributed by atoms with Gasteiger partial charge in [0.15, 0.2) is 0 Å². The van der Waals surface area contributed by atoms with Crippen LogP contribution in [-0.2, 0) is 0 Å². The molecule has 0 spiro atoms. The van der Waals surface area contributed by atoms with Gasteiger partial charge >= 0.3 is 0 Å². The van der Waals surface area contributed by atoms with Crippen LogP contribution in [0.2, 0.25) is 0 Å². The Labute approximate surface area is 129 Å². The quantitative estimate of drug-likeness (QED) is 0.562. The van der Waals surface area contributed by atoms with Gasteiger partial charge in [0, 0.05) is 17.3 Å². The summed E-state index contributed by atoms with van der Waals surface area (Å²) in [6.45, 7) is 1.54. The maximum atomic E-state index is 12.4. The molecule has 0 atom stereocenters. The van der Waals surface area contributed by atoms with E-state index in [2.05, 4.69) is 21.7 Å². The number of carbonyl (C=O) groups is 1. The molecule has 22 heavy (non-hydrogen) atoms. The van der Waals surface area contributed by atoms with Gasteiger partial charge in [-0.15, -0.1) is 0 Å². The van der Waals surface area contributed by atoms with Crippen LogP contribution in [0, 0.1) is 0 Å². The highest BCUT2D eigenvalue weighted by Crippen LogP contribution is 2.22. The van der Waals surface area contributed by atoms with Crippen molar-refractivity contribution in [3.8, 4) is 0 Å². The second kappa shape index (κ2) is 6.54. The van der Waals surface area contributed by atoms with Gasteiger partial charge in [0.25, 0.3) is 5.91 Å². The van der Waals surface area contributed by atoms with E-state index in [0.717, 1.165) is 34.8 Å². The number of carbonyl (C=O) groups excluding carboxylic acids is 1. The van der Waals surface area contributed by atoms with Gasteiger partial charge < -0.3 is 10.6 Å². The molecule has 4 nitrogen and oxygen atoms in total. The van der Waals surface area contributed by atoms with Crippen LogP contribution in [0.4, 0.5) is 0 Å². The summed E-state index contributed by atoms with van der Waals surface area (Å²) >= 11 is 0. The number of fused-ring (bicyclic) bond motifs is 2. The van der Waals surface area contributed by atoms with Crippen LogP contribution in [-0.4, -0.2) is 31.0 Å². The number of nitrogens with zero attached hydrogens (tertiary/aromatic N) is 1. The Hall–Kier alpha value is -2.46. The molecule has 0 saturated heterocycles. The number of aromatic nitrogens is 1. The molecule has 112 valence electrons. The van der Waals surface area contributed by atoms with Crippen LogP contribution in [0.15, 0.2) is 48.5 Å². The van der Waals surface area contributed by atoms with E-state index in [-0.39, 0.29) is 5.91 Å². The first-order valence-corrected chi connectivity index (χ1v) is 7.51. The van der Waals surface area contributed by atoms with Gasteiger partial charge in [-0.05, 0) is 38.2 Å². The molecule has 0 radical (unpaired) electrons. The van der Waals surface area contributed by atoms with Crippen molar-refractivity contribution in [3.05, 3.63) is 54.1 Å². The van der Waals surface area contributed by atoms with Gasteiger partial charge in [0.2, 0.25) is 0 Å². The summed E-state index contributed by atoms with van der Waals surface area (Å²) in [5.74, 6) is -0.0653. The van der Waals surface area contributed by atoms with Crippen molar-refractivity contribution >= 4 is 27.7 Å². The molecule has 0 aliphatic heterocycles. The molecule has 0 aliphatic rings. The number of rotatable bonds is 5. The second-order valence-corrected chi connectivity index (χ2v) is 5.27. The smallest absolute Gasteiger partial charge is 0.253 e. The van der Waals surface area contributed by atoms with E-state index < -0.39 is 0 Å². The minimum atomic E-state index is -0.0653. The highest BCUT2D eigenvalue weighted by molar-refractivity contribution is 6.07. The number of amides is 1. The normalized spacial score (nSPS) is 11.0. The molecular weight excluding hydrogens is 274 g/mol. The van der Waals surface area contributed by atoms with Gasteiger partial charge in [-0.2, -0.15) is 0 Å². The number of para-hydroxylation sites is 2. The van der Waals surface area contributed by atoms with Crippen molar-refractivity contribution in [3.63, 3.8) is 0 Å². The number of hydrogen-bond donors (Lipinski definition) is 2. The van der Waals surface area contributed by atoms with Crippen LogP contribution >= 0.6 is 0 Å². The number of benzene rings is 2. The van der Waals surface area contributed by atoms with Crippen molar-refractivity contribution in [2.75, 3.05) is 20.1 Å². The topological polar surface area (TPSA) is 54.0 Å². The Kier molecular flexibility index (Phi) is 4.30. The number of nitrogens with one attached hydrogen (secondary N) is 2. The standard InChI is InChI=1S/C18H19N3O/c1-19-10-5-11-20-18(22)15-8-4-7-14-12-13-6-2-3-9-16(13)21-17(14)15/h2-4,6-9,12,19H,5,10-11H2,1H3,(H,20,22). The molecule has 0 aliphatic carbocycles. The third-order valence-corrected chi connectivity index (χ3v) is 3.68. The van der Waals surface area contributed by atoms with Crippen molar-refractivity contribution in [2.24, 2.45) is 0 Å². The molecule has 1 amide bonds. The summed E-state index contributed by atoms with van der Waals surface area (Å²) in [4.78, 5) is 17.1. The molecule has 3 aromatic rings. The molecular formula is C18H19N3O. The highest BCUT2D eigenvalue weighted by atomic mass is 16.1. The molecule has 0 fully saturated rings. The summed E-state index contributed by atoms with van der Waals surface area (Å²) in [5.41, 5.74) is 2.30. The number of hydrogen-bond acceptors (Lipinski definition) is 3. The fraction of sp³-hybridized carbons (Fsp3) is 0.222. The van der Waals surface area contributed by atoms with Crippen LogP contribution in [0.5, 0.6) is 0 Å². The lowest BCUT2D eigenvalue weighted by atomic mass is 10.1. The average molecular weight is 293 g/mol. The van der Waals surface area contributed by atoms with E-state index in [4.69, 9.17) is 0 Å². The van der Waals surface area contributed by atoms with Crippen LogP contribution < -0.4 is 10.6 Å². The Balaban J connectivity index is 1.95. The molecule has 2 aromatic carbocycles. The van der Waals surface area contributed by atoms with Crippen molar-refractivity contribution in [1.82, 2.24) is 15.6 Å². The summed E-state index contributed by atoms with van der Waals surface area (Å²) in [6.07, 6.45) is 0.906. The molecule has 0 saturated carbocycles. The summed E-state index contributed by atoms with van der Waals surface area (Å²) in [6, 6.07) is 15.8. The third kappa shape index (κ3) is 2.92. The predicted molar refractivity (Wildman–Crippen MR) is 90.1 cm³/mol. The van der Waals surface area contributed by atoms with Crippen LogP contribution in [0.1, 0.15) is 16.8 Å². The Morgan fingerprint density at radius 3 is 2.73 bits per heavy atom. The first-order valence-electron chi connectivity index (χ1n) is 7.51. The molecule has 4 heteroatoms. The van der Waals surface area contributed by atoms with E-state index in [1.807, 2.05) is 49.5 Å². The minimum absolute atomic E-state index is 0.0653. The zero-order valence-corrected chi connectivity index (χ0v) is 12.6. The Morgan fingerprint density at radius 1 is 1.05 bits per heavy atom. The van der Waals surface area contributed by atoms with E-state index in [9.17, 15) is 4.79 Å². The Morgan fingerprint density at radius 2 is 1.86 bits per heavy atom. The van der Waals surface area contributed by atoms with E-state index >= 15 is 0 Å². The maximum Gasteiger partial charge on any atom is 0.253 e. The monoisotopic (exact) mass is 293 g/mol. The van der Waals surface area contributed by atoms with Gasteiger partial charge in [-0.1, -0.05) is 30.3 Å². The first-order chi connectivity index (χ1) is 10.8. The van der Waals surface area contributed by atoms with Gasteiger partial charge in [0.1, 0.15) is 0 Å². The highest BCUT2D eigenvalue weighted by Gasteiger charge is 2.11. The third-order valence-electron chi connectivity index (χ3n) is 3.68. The van der Waals surface area contributed by atoms with Crippen molar-refractivity contribution in [2.45, 2.75) is 6.42 Å². The number of pyridine rings is 1. The second-order valence-electron chi connectivity index (χ2n) is 5.27. The molecule has 1 heterocycles. The molecule has 3 rings (SSSR count). The van der Waals surface area contributed by atoms with Crippen molar-refractivity contribution in [1.29, 1.82) is 0 Å². The molecule has 0 bridgehead atoms. The maximum absolute atomic E-state index is 12.4. The fourth-order valence-electron chi connectivity index (χ4n) is 2.55. The molecule has 1 aromatic heterocycles. The van der Waals surface area contributed by atoms with Crippen LogP contribution in [0.3, 0.4) is 0 Å². The lowest BCUT2D eigenvalue weighted by molar-refractivity contribution is 0.0955. The zero-order chi connectivity index (χ0) is 15.4. The van der Waals surface area contributed by atoms with E-state index in [1.165, 1.54) is 0 Å². The summed E-state index contributed by atoms with van der Waals surface area (Å²) in [5, 5.41) is 8.09. The van der Waals surface area contributed by atoms with E-state index in [1.54, 1.807) is 0 Å². The first kappa shape index (κ1) is 14.5. The SMILES string of the molecule is CNCCCNC(=O)c1cccc2cc3ccccc3nc12. The summed E-state index contributed by atoms with van der Waals surface area (Å²) in [7, 11) is 1.90. The van der Waals surface area contributed by atoms with E-state index in [0.29, 0.717) is 12.1 Å². The van der Waals surface area contributed by atoms with Gasteiger partial charge in [0.05, 0.1) is 16.6 Å². The minimum Gasteiger partial charge on any atom is -0.352 e. The largest absolute Gasteiger partial charge is 0.352 e. The van der Waals surface area contributed by atoms with Gasteiger partial charge in [-0.25, -0.2) is 4.98 Å². The lowest BCUT2D eigenvalue weighted by Gasteiger charge is -2.08. The predicted octanol–water partition coefficient (Wildman–Crippen LogP) is 2.73. The van der Waals surface area contributed by atoms with Gasteiger partial charge in [-0.3, -0.25) is 4.79 Å².